The molecule has 3 aromatic carbocycles. The number of Topliss-reactive ketones (excluding diaryl/α,β-unsaturated/α-hetero) is 1. The molecule has 1 fully saturated rings. The summed E-state index contributed by atoms with van der Waals surface area (Å²) in [5, 5.41) is 11.6. The third-order valence-corrected chi connectivity index (χ3v) is 6.48. The van der Waals surface area contributed by atoms with Crippen molar-refractivity contribution in [2.24, 2.45) is 0 Å². The molecule has 1 amide bonds. The lowest BCUT2D eigenvalue weighted by molar-refractivity contribution is -0.140. The third kappa shape index (κ3) is 5.44. The Hall–Kier alpha value is -4.06. The Morgan fingerprint density at radius 2 is 1.63 bits per heavy atom. The minimum absolute atomic E-state index is 0.0524. The fraction of sp³-hybridized carbons (Fsp3) is 0.312. The molecule has 0 radical (unpaired) electrons. The van der Waals surface area contributed by atoms with Crippen LogP contribution in [0.15, 0.2) is 66.2 Å². The number of methoxy groups -OCH3 is 1. The molecule has 0 bridgehead atoms. The zero-order chi connectivity index (χ0) is 27.8. The predicted molar refractivity (Wildman–Crippen MR) is 148 cm³/mol. The van der Waals surface area contributed by atoms with Gasteiger partial charge in [0.2, 0.25) is 0 Å². The van der Waals surface area contributed by atoms with Crippen molar-refractivity contribution in [2.75, 3.05) is 7.11 Å². The van der Waals surface area contributed by atoms with E-state index in [1.165, 1.54) is 12.0 Å². The minimum atomic E-state index is -0.758. The second-order valence-electron chi connectivity index (χ2n) is 10.9. The van der Waals surface area contributed by atoms with Crippen LogP contribution in [0.4, 0.5) is 0 Å². The molecule has 0 aliphatic carbocycles. The Morgan fingerprint density at radius 1 is 0.947 bits per heavy atom. The number of benzene rings is 3. The molecule has 4 rings (SSSR count). The van der Waals surface area contributed by atoms with Gasteiger partial charge in [-0.2, -0.15) is 0 Å². The fourth-order valence-electron chi connectivity index (χ4n) is 4.99. The zero-order valence-electron chi connectivity index (χ0n) is 23.1. The van der Waals surface area contributed by atoms with Crippen molar-refractivity contribution in [2.45, 2.75) is 59.7 Å². The lowest BCUT2D eigenvalue weighted by Crippen LogP contribution is -2.29. The van der Waals surface area contributed by atoms with Crippen LogP contribution in [0.1, 0.15) is 60.2 Å². The van der Waals surface area contributed by atoms with E-state index in [0.29, 0.717) is 11.3 Å². The molecular formula is C32H35NO5. The van der Waals surface area contributed by atoms with Crippen LogP contribution in [0.3, 0.4) is 0 Å². The maximum absolute atomic E-state index is 13.5. The van der Waals surface area contributed by atoms with E-state index in [4.69, 9.17) is 9.47 Å². The molecule has 1 N–H and O–H groups in total. The number of hydrogen-bond acceptors (Lipinski definition) is 5. The van der Waals surface area contributed by atoms with Crippen molar-refractivity contribution in [1.82, 2.24) is 4.90 Å². The Morgan fingerprint density at radius 3 is 2.24 bits per heavy atom. The summed E-state index contributed by atoms with van der Waals surface area (Å²) >= 11 is 0. The summed E-state index contributed by atoms with van der Waals surface area (Å²) in [7, 11) is 1.53. The summed E-state index contributed by atoms with van der Waals surface area (Å²) in [4.78, 5) is 28.5. The van der Waals surface area contributed by atoms with Crippen LogP contribution >= 0.6 is 0 Å². The summed E-state index contributed by atoms with van der Waals surface area (Å²) in [6, 6.07) is 18.1. The Bertz CT molecular complexity index is 1410. The van der Waals surface area contributed by atoms with Crippen molar-refractivity contribution in [1.29, 1.82) is 0 Å². The van der Waals surface area contributed by atoms with Gasteiger partial charge in [0.25, 0.3) is 11.7 Å². The summed E-state index contributed by atoms with van der Waals surface area (Å²) in [6.07, 6.45) is 0. The first-order valence-electron chi connectivity index (χ1n) is 12.7. The van der Waals surface area contributed by atoms with Crippen LogP contribution in [-0.2, 0) is 16.1 Å². The molecule has 1 atom stereocenters. The van der Waals surface area contributed by atoms with Crippen LogP contribution in [0.2, 0.25) is 0 Å². The molecule has 198 valence electrons. The smallest absolute Gasteiger partial charge is 0.295 e. The van der Waals surface area contributed by atoms with Gasteiger partial charge in [0, 0.05) is 6.54 Å². The van der Waals surface area contributed by atoms with Gasteiger partial charge in [0.05, 0.1) is 24.3 Å². The largest absolute Gasteiger partial charge is 0.507 e. The molecule has 6 nitrogen and oxygen atoms in total. The topological polar surface area (TPSA) is 76.1 Å². The molecule has 0 aromatic heterocycles. The molecule has 0 spiro atoms. The molecule has 1 aliphatic rings. The number of ketones is 1. The molecule has 3 aromatic rings. The van der Waals surface area contributed by atoms with Crippen molar-refractivity contribution < 1.29 is 24.2 Å². The number of rotatable bonds is 6. The summed E-state index contributed by atoms with van der Waals surface area (Å²) in [5.74, 6) is -0.425. The third-order valence-electron chi connectivity index (χ3n) is 6.48. The predicted octanol–water partition coefficient (Wildman–Crippen LogP) is 6.42. The van der Waals surface area contributed by atoms with Crippen molar-refractivity contribution in [3.05, 3.63) is 99.6 Å². The summed E-state index contributed by atoms with van der Waals surface area (Å²) in [6.45, 7) is 11.9. The highest BCUT2D eigenvalue weighted by atomic mass is 16.5. The maximum Gasteiger partial charge on any atom is 0.295 e. The highest BCUT2D eigenvalue weighted by Crippen LogP contribution is 2.42. The van der Waals surface area contributed by atoms with Gasteiger partial charge < -0.3 is 19.5 Å². The number of carbonyl (C=O) groups is 2. The van der Waals surface area contributed by atoms with Gasteiger partial charge in [-0.1, -0.05) is 48.0 Å². The van der Waals surface area contributed by atoms with E-state index in [1.807, 2.05) is 96.1 Å². The lowest BCUT2D eigenvalue weighted by Gasteiger charge is -2.26. The standard InChI is InChI=1S/C32H35NO5/c1-19-9-8-10-23(16-19)27-26(28(34)25-17-20(2)15-21(3)30(25)37-7)29(35)31(36)33(27)18-22-11-13-24(14-12-22)38-32(4,5)6/h8-17,27,34H,18H2,1-7H3/b28-26+. The molecule has 1 heterocycles. The van der Waals surface area contributed by atoms with Crippen molar-refractivity contribution in [3.8, 4) is 11.5 Å². The Kier molecular flexibility index (Phi) is 7.36. The van der Waals surface area contributed by atoms with Gasteiger partial charge in [-0.15, -0.1) is 0 Å². The summed E-state index contributed by atoms with van der Waals surface area (Å²) < 4.78 is 11.5. The molecule has 1 saturated heterocycles. The molecule has 1 aliphatic heterocycles. The average Bonchev–Trinajstić information content (AvgIpc) is 3.08. The normalized spacial score (nSPS) is 17.1. The second-order valence-corrected chi connectivity index (χ2v) is 10.9. The van der Waals surface area contributed by atoms with E-state index in [-0.39, 0.29) is 23.5 Å². The number of ether oxygens (including phenoxy) is 2. The van der Waals surface area contributed by atoms with Gasteiger partial charge in [0.15, 0.2) is 0 Å². The minimum Gasteiger partial charge on any atom is -0.507 e. The zero-order valence-corrected chi connectivity index (χ0v) is 23.1. The van der Waals surface area contributed by atoms with E-state index < -0.39 is 17.7 Å². The van der Waals surface area contributed by atoms with Crippen LogP contribution in [0.5, 0.6) is 11.5 Å². The van der Waals surface area contributed by atoms with Gasteiger partial charge >= 0.3 is 0 Å². The number of aliphatic hydroxyl groups is 1. The molecule has 6 heteroatoms. The Labute approximate surface area is 224 Å². The summed E-state index contributed by atoms with van der Waals surface area (Å²) in [5.41, 5.74) is 4.43. The van der Waals surface area contributed by atoms with Gasteiger partial charge in [-0.25, -0.2) is 0 Å². The van der Waals surface area contributed by atoms with Gasteiger partial charge in [0.1, 0.15) is 22.9 Å². The van der Waals surface area contributed by atoms with Crippen LogP contribution in [-0.4, -0.2) is 34.4 Å². The number of aliphatic hydroxyl groups excluding tert-OH is 1. The first kappa shape index (κ1) is 27.0. The van der Waals surface area contributed by atoms with Gasteiger partial charge in [-0.05, 0) is 82.0 Å². The first-order chi connectivity index (χ1) is 17.9. The number of amides is 1. The first-order valence-corrected chi connectivity index (χ1v) is 12.7. The highest BCUT2D eigenvalue weighted by molar-refractivity contribution is 6.46. The van der Waals surface area contributed by atoms with Crippen LogP contribution in [0, 0.1) is 20.8 Å². The van der Waals surface area contributed by atoms with Crippen LogP contribution < -0.4 is 9.47 Å². The molecule has 38 heavy (non-hydrogen) atoms. The number of hydrogen-bond donors (Lipinski definition) is 1. The van der Waals surface area contributed by atoms with Gasteiger partial charge in [-0.3, -0.25) is 9.59 Å². The van der Waals surface area contributed by atoms with E-state index in [9.17, 15) is 14.7 Å². The molecule has 0 saturated carbocycles. The lowest BCUT2D eigenvalue weighted by atomic mass is 9.93. The van der Waals surface area contributed by atoms with Crippen molar-refractivity contribution in [3.63, 3.8) is 0 Å². The van der Waals surface area contributed by atoms with E-state index in [1.54, 1.807) is 6.07 Å². The maximum atomic E-state index is 13.5. The SMILES string of the molecule is COc1c(C)cc(C)cc1/C(O)=C1\C(=O)C(=O)N(Cc2ccc(OC(C)(C)C)cc2)C1c1cccc(C)c1. The number of likely N-dealkylation sites (tertiary alicyclic amines) is 1. The number of nitrogens with zero attached hydrogens (tertiary/aromatic N) is 1. The highest BCUT2D eigenvalue weighted by Gasteiger charge is 2.46. The van der Waals surface area contributed by atoms with E-state index in [0.717, 1.165) is 33.6 Å². The number of aryl methyl sites for hydroxylation is 3. The second kappa shape index (κ2) is 10.4. The number of carbonyl (C=O) groups excluding carboxylic acids is 2. The quantitative estimate of drug-likeness (QED) is 0.234. The van der Waals surface area contributed by atoms with Crippen molar-refractivity contribution >= 4 is 17.4 Å². The average molecular weight is 514 g/mol. The molecular weight excluding hydrogens is 478 g/mol. The van der Waals surface area contributed by atoms with E-state index >= 15 is 0 Å². The van der Waals surface area contributed by atoms with E-state index in [2.05, 4.69) is 0 Å². The monoisotopic (exact) mass is 513 g/mol. The molecule has 1 unspecified atom stereocenters. The fourth-order valence-corrected chi connectivity index (χ4v) is 4.99. The van der Waals surface area contributed by atoms with Crippen LogP contribution in [0.25, 0.3) is 5.76 Å². The Balaban J connectivity index is 1.83.